The molecule has 17 heavy (non-hydrogen) atoms. The van der Waals surface area contributed by atoms with E-state index in [0.717, 1.165) is 16.7 Å². The summed E-state index contributed by atoms with van der Waals surface area (Å²) in [6, 6.07) is 17.8. The van der Waals surface area contributed by atoms with Crippen molar-refractivity contribution in [1.82, 2.24) is 0 Å². The normalized spacial score (nSPS) is 13.4. The molecular weight excluding hydrogens is 210 g/mol. The predicted octanol–water partition coefficient (Wildman–Crippen LogP) is 3.69. The molecule has 3 nitrogen and oxygen atoms in total. The molecule has 2 aromatic rings. The molecular formula is C14H9N3. The highest BCUT2D eigenvalue weighted by Gasteiger charge is 2.22. The Balaban J connectivity index is 2.18. The first kappa shape index (κ1) is 9.73. The standard InChI is InChI=1S/C14H9N3/c15-9-10-5-1-2-6-11(10)12-7-3-4-8-13(12)14-16-17-14/h1-8,14H. The van der Waals surface area contributed by atoms with Gasteiger partial charge in [0.25, 0.3) is 0 Å². The molecule has 0 bridgehead atoms. The van der Waals surface area contributed by atoms with E-state index < -0.39 is 0 Å². The van der Waals surface area contributed by atoms with E-state index in [2.05, 4.69) is 16.3 Å². The molecule has 1 aliphatic heterocycles. The van der Waals surface area contributed by atoms with Gasteiger partial charge in [0.05, 0.1) is 11.6 Å². The second kappa shape index (κ2) is 3.84. The van der Waals surface area contributed by atoms with E-state index in [-0.39, 0.29) is 6.17 Å². The van der Waals surface area contributed by atoms with Gasteiger partial charge >= 0.3 is 0 Å². The van der Waals surface area contributed by atoms with E-state index in [1.165, 1.54) is 0 Å². The molecule has 0 radical (unpaired) electrons. The molecule has 3 heteroatoms. The van der Waals surface area contributed by atoms with Gasteiger partial charge in [-0.05, 0) is 17.2 Å². The first-order chi connectivity index (χ1) is 8.40. The highest BCUT2D eigenvalue weighted by Crippen LogP contribution is 2.38. The number of nitriles is 1. The Morgan fingerprint density at radius 2 is 1.53 bits per heavy atom. The third-order valence-electron chi connectivity index (χ3n) is 2.81. The fourth-order valence-electron chi connectivity index (χ4n) is 1.94. The van der Waals surface area contributed by atoms with Gasteiger partial charge in [0.15, 0.2) is 0 Å². The first-order valence-corrected chi connectivity index (χ1v) is 5.38. The minimum absolute atomic E-state index is 0.0436. The molecule has 0 saturated heterocycles. The van der Waals surface area contributed by atoms with Gasteiger partial charge in [-0.15, -0.1) is 0 Å². The van der Waals surface area contributed by atoms with Crippen LogP contribution in [0.1, 0.15) is 17.3 Å². The number of nitrogens with zero attached hydrogens (tertiary/aromatic N) is 3. The lowest BCUT2D eigenvalue weighted by Gasteiger charge is -2.08. The van der Waals surface area contributed by atoms with Crippen LogP contribution in [-0.2, 0) is 0 Å². The largest absolute Gasteiger partial charge is 0.206 e. The zero-order chi connectivity index (χ0) is 11.7. The number of benzene rings is 2. The van der Waals surface area contributed by atoms with Gasteiger partial charge < -0.3 is 0 Å². The topological polar surface area (TPSA) is 48.5 Å². The summed E-state index contributed by atoms with van der Waals surface area (Å²) in [5.74, 6) is 0. The van der Waals surface area contributed by atoms with E-state index in [0.29, 0.717) is 5.56 Å². The van der Waals surface area contributed by atoms with E-state index in [4.69, 9.17) is 5.26 Å². The highest BCUT2D eigenvalue weighted by atomic mass is 15.4. The Hall–Kier alpha value is -2.47. The summed E-state index contributed by atoms with van der Waals surface area (Å²) < 4.78 is 0. The van der Waals surface area contributed by atoms with Gasteiger partial charge in [0.2, 0.25) is 6.17 Å². The summed E-state index contributed by atoms with van der Waals surface area (Å²) in [4.78, 5) is 0. The summed E-state index contributed by atoms with van der Waals surface area (Å²) in [6.45, 7) is 0. The van der Waals surface area contributed by atoms with Crippen LogP contribution in [0.5, 0.6) is 0 Å². The molecule has 0 spiro atoms. The third kappa shape index (κ3) is 1.70. The Morgan fingerprint density at radius 3 is 2.24 bits per heavy atom. The van der Waals surface area contributed by atoms with Crippen LogP contribution in [-0.4, -0.2) is 0 Å². The van der Waals surface area contributed by atoms with Gasteiger partial charge in [-0.1, -0.05) is 42.5 Å². The Labute approximate surface area is 99.1 Å². The summed E-state index contributed by atoms with van der Waals surface area (Å²) in [6.07, 6.45) is -0.0436. The average molecular weight is 219 g/mol. The summed E-state index contributed by atoms with van der Waals surface area (Å²) in [5, 5.41) is 17.0. The van der Waals surface area contributed by atoms with Gasteiger partial charge in [0.1, 0.15) is 0 Å². The van der Waals surface area contributed by atoms with Crippen molar-refractivity contribution in [3.05, 3.63) is 59.7 Å². The first-order valence-electron chi connectivity index (χ1n) is 5.38. The maximum Gasteiger partial charge on any atom is 0.206 e. The van der Waals surface area contributed by atoms with Crippen molar-refractivity contribution in [3.63, 3.8) is 0 Å². The Bertz CT molecular complexity index is 632. The van der Waals surface area contributed by atoms with Gasteiger partial charge in [-0.3, -0.25) is 0 Å². The number of hydrogen-bond acceptors (Lipinski definition) is 3. The molecule has 0 amide bonds. The van der Waals surface area contributed by atoms with Crippen LogP contribution >= 0.6 is 0 Å². The van der Waals surface area contributed by atoms with Crippen molar-refractivity contribution in [1.29, 1.82) is 5.26 Å². The van der Waals surface area contributed by atoms with Crippen molar-refractivity contribution in [2.24, 2.45) is 10.2 Å². The summed E-state index contributed by atoms with van der Waals surface area (Å²) in [7, 11) is 0. The SMILES string of the molecule is N#Cc1ccccc1-c1ccccc1C1N=N1. The van der Waals surface area contributed by atoms with Crippen LogP contribution in [0, 0.1) is 11.3 Å². The van der Waals surface area contributed by atoms with Crippen molar-refractivity contribution in [2.45, 2.75) is 6.17 Å². The summed E-state index contributed by atoms with van der Waals surface area (Å²) >= 11 is 0. The van der Waals surface area contributed by atoms with Crippen LogP contribution in [0.2, 0.25) is 0 Å². The van der Waals surface area contributed by atoms with E-state index in [1.54, 1.807) is 0 Å². The van der Waals surface area contributed by atoms with Gasteiger partial charge in [-0.2, -0.15) is 15.5 Å². The Morgan fingerprint density at radius 1 is 0.882 bits per heavy atom. The molecule has 2 aromatic carbocycles. The molecule has 0 saturated carbocycles. The fraction of sp³-hybridized carbons (Fsp3) is 0.0714. The zero-order valence-electron chi connectivity index (χ0n) is 9.04. The van der Waals surface area contributed by atoms with E-state index >= 15 is 0 Å². The molecule has 0 atom stereocenters. The average Bonchev–Trinajstić information content (AvgIpc) is 3.23. The Kier molecular flexibility index (Phi) is 2.20. The maximum absolute atomic E-state index is 9.13. The van der Waals surface area contributed by atoms with Crippen molar-refractivity contribution in [3.8, 4) is 17.2 Å². The fourth-order valence-corrected chi connectivity index (χ4v) is 1.94. The molecule has 0 N–H and O–H groups in total. The second-order valence-electron chi connectivity index (χ2n) is 3.85. The van der Waals surface area contributed by atoms with Crippen LogP contribution in [0.4, 0.5) is 0 Å². The monoisotopic (exact) mass is 219 g/mol. The molecule has 0 aromatic heterocycles. The molecule has 1 aliphatic rings. The summed E-state index contributed by atoms with van der Waals surface area (Å²) in [5.41, 5.74) is 3.73. The lowest BCUT2D eigenvalue weighted by atomic mass is 9.95. The van der Waals surface area contributed by atoms with Crippen LogP contribution in [0.25, 0.3) is 11.1 Å². The molecule has 3 rings (SSSR count). The second-order valence-corrected chi connectivity index (χ2v) is 3.85. The van der Waals surface area contributed by atoms with Crippen molar-refractivity contribution >= 4 is 0 Å². The lowest BCUT2D eigenvalue weighted by Crippen LogP contribution is -1.90. The molecule has 0 aliphatic carbocycles. The molecule has 0 unspecified atom stereocenters. The molecule has 0 fully saturated rings. The van der Waals surface area contributed by atoms with Crippen molar-refractivity contribution in [2.75, 3.05) is 0 Å². The minimum atomic E-state index is -0.0436. The van der Waals surface area contributed by atoms with E-state index in [9.17, 15) is 0 Å². The third-order valence-corrected chi connectivity index (χ3v) is 2.81. The molecule has 80 valence electrons. The van der Waals surface area contributed by atoms with Crippen LogP contribution < -0.4 is 0 Å². The predicted molar refractivity (Wildman–Crippen MR) is 64.2 cm³/mol. The smallest absolute Gasteiger partial charge is 0.192 e. The van der Waals surface area contributed by atoms with Gasteiger partial charge in [0, 0.05) is 5.56 Å². The van der Waals surface area contributed by atoms with Crippen molar-refractivity contribution < 1.29 is 0 Å². The lowest BCUT2D eigenvalue weighted by molar-refractivity contribution is 1.06. The van der Waals surface area contributed by atoms with Gasteiger partial charge in [-0.25, -0.2) is 0 Å². The molecule has 1 heterocycles. The van der Waals surface area contributed by atoms with Crippen LogP contribution in [0.3, 0.4) is 0 Å². The minimum Gasteiger partial charge on any atom is -0.192 e. The zero-order valence-corrected chi connectivity index (χ0v) is 9.04. The maximum atomic E-state index is 9.13. The highest BCUT2D eigenvalue weighted by molar-refractivity contribution is 5.73. The number of rotatable bonds is 2. The van der Waals surface area contributed by atoms with E-state index in [1.807, 2.05) is 48.5 Å². The van der Waals surface area contributed by atoms with Crippen LogP contribution in [0.15, 0.2) is 58.8 Å². The quantitative estimate of drug-likeness (QED) is 0.759. The number of hydrogen-bond donors (Lipinski definition) is 0.